The Kier molecular flexibility index (Phi) is 6.68. The summed E-state index contributed by atoms with van der Waals surface area (Å²) >= 11 is 0. The summed E-state index contributed by atoms with van der Waals surface area (Å²) in [6.07, 6.45) is 2.71. The SMILES string of the molecule is C=CCOC(=O)NC1CCN(C(=O)C2CC(=O)N(Cc3ccccc3)C2)CC1. The molecular weight excluding hydrogens is 358 g/mol. The first-order valence-electron chi connectivity index (χ1n) is 9.71. The number of ether oxygens (including phenoxy) is 1. The molecule has 3 rings (SSSR count). The van der Waals surface area contributed by atoms with Crippen LogP contribution in [0.4, 0.5) is 4.79 Å². The van der Waals surface area contributed by atoms with E-state index in [1.807, 2.05) is 35.2 Å². The fraction of sp³-hybridized carbons (Fsp3) is 0.476. The Bertz CT molecular complexity index is 714. The molecule has 0 aliphatic carbocycles. The molecule has 1 aromatic carbocycles. The number of hydrogen-bond acceptors (Lipinski definition) is 4. The Balaban J connectivity index is 1.45. The molecular formula is C21H27N3O4. The fourth-order valence-corrected chi connectivity index (χ4v) is 3.74. The molecule has 0 saturated carbocycles. The number of alkyl carbamates (subject to hydrolysis) is 1. The number of nitrogens with one attached hydrogen (secondary N) is 1. The standard InChI is InChI=1S/C21H27N3O4/c1-2-12-28-21(27)22-18-8-10-23(11-9-18)20(26)17-13-19(25)24(15-17)14-16-6-4-3-5-7-16/h2-7,17-18H,1,8-15H2,(H,22,27). The molecule has 1 aromatic rings. The summed E-state index contributed by atoms with van der Waals surface area (Å²) in [4.78, 5) is 40.4. The molecule has 1 unspecified atom stereocenters. The Hall–Kier alpha value is -2.83. The summed E-state index contributed by atoms with van der Waals surface area (Å²) in [5.41, 5.74) is 1.07. The maximum Gasteiger partial charge on any atom is 0.407 e. The van der Waals surface area contributed by atoms with E-state index in [1.54, 1.807) is 4.90 Å². The third-order valence-electron chi connectivity index (χ3n) is 5.24. The summed E-state index contributed by atoms with van der Waals surface area (Å²) in [6.45, 7) is 5.85. The summed E-state index contributed by atoms with van der Waals surface area (Å²) < 4.78 is 4.93. The molecule has 0 spiro atoms. The minimum Gasteiger partial charge on any atom is -0.445 e. The third kappa shape index (κ3) is 5.12. The molecule has 0 aromatic heterocycles. The molecule has 2 heterocycles. The second-order valence-corrected chi connectivity index (χ2v) is 7.29. The van der Waals surface area contributed by atoms with Gasteiger partial charge in [0.2, 0.25) is 11.8 Å². The van der Waals surface area contributed by atoms with Crippen LogP contribution in [0.1, 0.15) is 24.8 Å². The van der Waals surface area contributed by atoms with Crippen LogP contribution < -0.4 is 5.32 Å². The zero-order valence-corrected chi connectivity index (χ0v) is 16.0. The summed E-state index contributed by atoms with van der Waals surface area (Å²) in [5, 5.41) is 2.81. The van der Waals surface area contributed by atoms with Crippen LogP contribution in [-0.2, 0) is 20.9 Å². The minimum absolute atomic E-state index is 0.00107. The smallest absolute Gasteiger partial charge is 0.407 e. The van der Waals surface area contributed by atoms with E-state index < -0.39 is 6.09 Å². The van der Waals surface area contributed by atoms with Crippen LogP contribution in [-0.4, -0.2) is 60.0 Å². The van der Waals surface area contributed by atoms with Gasteiger partial charge in [-0.2, -0.15) is 0 Å². The lowest BCUT2D eigenvalue weighted by Gasteiger charge is -2.33. The van der Waals surface area contributed by atoms with E-state index in [4.69, 9.17) is 4.74 Å². The second kappa shape index (κ2) is 9.39. The Morgan fingerprint density at radius 3 is 2.61 bits per heavy atom. The number of hydrogen-bond donors (Lipinski definition) is 1. The van der Waals surface area contributed by atoms with E-state index in [0.717, 1.165) is 5.56 Å². The van der Waals surface area contributed by atoms with Crippen LogP contribution in [0.2, 0.25) is 0 Å². The van der Waals surface area contributed by atoms with Crippen molar-refractivity contribution in [3.63, 3.8) is 0 Å². The number of amides is 3. The number of likely N-dealkylation sites (tertiary alicyclic amines) is 2. The lowest BCUT2D eigenvalue weighted by molar-refractivity contribution is -0.136. The first-order chi connectivity index (χ1) is 13.6. The largest absolute Gasteiger partial charge is 0.445 e. The van der Waals surface area contributed by atoms with Crippen LogP contribution in [0.25, 0.3) is 0 Å². The van der Waals surface area contributed by atoms with Crippen molar-refractivity contribution < 1.29 is 19.1 Å². The molecule has 28 heavy (non-hydrogen) atoms. The van der Waals surface area contributed by atoms with Gasteiger partial charge in [-0.05, 0) is 18.4 Å². The van der Waals surface area contributed by atoms with Gasteiger partial charge in [-0.1, -0.05) is 43.0 Å². The van der Waals surface area contributed by atoms with Crippen molar-refractivity contribution in [1.29, 1.82) is 0 Å². The van der Waals surface area contributed by atoms with Crippen LogP contribution >= 0.6 is 0 Å². The summed E-state index contributed by atoms with van der Waals surface area (Å²) in [5.74, 6) is -0.210. The fourth-order valence-electron chi connectivity index (χ4n) is 3.74. The van der Waals surface area contributed by atoms with E-state index >= 15 is 0 Å². The molecule has 7 heteroatoms. The highest BCUT2D eigenvalue weighted by molar-refractivity contribution is 5.89. The average Bonchev–Trinajstić information content (AvgIpc) is 3.07. The molecule has 2 saturated heterocycles. The van der Waals surface area contributed by atoms with E-state index in [1.165, 1.54) is 6.08 Å². The second-order valence-electron chi connectivity index (χ2n) is 7.29. The van der Waals surface area contributed by atoms with E-state index in [2.05, 4.69) is 11.9 Å². The van der Waals surface area contributed by atoms with Crippen molar-refractivity contribution in [2.45, 2.75) is 31.8 Å². The zero-order chi connectivity index (χ0) is 19.9. The maximum absolute atomic E-state index is 12.8. The van der Waals surface area contributed by atoms with Gasteiger partial charge >= 0.3 is 6.09 Å². The van der Waals surface area contributed by atoms with Gasteiger partial charge in [0.25, 0.3) is 0 Å². The molecule has 2 aliphatic rings. The number of benzene rings is 1. The van der Waals surface area contributed by atoms with Crippen LogP contribution in [0, 0.1) is 5.92 Å². The normalized spacial score (nSPS) is 20.1. The predicted molar refractivity (Wildman–Crippen MR) is 104 cm³/mol. The Labute approximate surface area is 165 Å². The van der Waals surface area contributed by atoms with Gasteiger partial charge in [-0.3, -0.25) is 9.59 Å². The number of carbonyl (C=O) groups is 3. The van der Waals surface area contributed by atoms with Gasteiger partial charge < -0.3 is 19.9 Å². The Morgan fingerprint density at radius 1 is 1.21 bits per heavy atom. The molecule has 0 radical (unpaired) electrons. The van der Waals surface area contributed by atoms with Gasteiger partial charge in [-0.25, -0.2) is 4.79 Å². The third-order valence-corrected chi connectivity index (χ3v) is 5.24. The van der Waals surface area contributed by atoms with E-state index in [9.17, 15) is 14.4 Å². The maximum atomic E-state index is 12.8. The molecule has 2 fully saturated rings. The lowest BCUT2D eigenvalue weighted by Crippen LogP contribution is -2.48. The van der Waals surface area contributed by atoms with Gasteiger partial charge in [-0.15, -0.1) is 0 Å². The van der Waals surface area contributed by atoms with Crippen molar-refractivity contribution in [3.8, 4) is 0 Å². The summed E-state index contributed by atoms with van der Waals surface area (Å²) in [6, 6.07) is 9.81. The van der Waals surface area contributed by atoms with Crippen LogP contribution in [0.5, 0.6) is 0 Å². The van der Waals surface area contributed by atoms with E-state index in [0.29, 0.717) is 39.0 Å². The van der Waals surface area contributed by atoms with Gasteiger partial charge in [0.15, 0.2) is 0 Å². The first-order valence-corrected chi connectivity index (χ1v) is 9.71. The molecule has 150 valence electrons. The van der Waals surface area contributed by atoms with Crippen molar-refractivity contribution in [2.24, 2.45) is 5.92 Å². The van der Waals surface area contributed by atoms with Crippen molar-refractivity contribution in [1.82, 2.24) is 15.1 Å². The highest BCUT2D eigenvalue weighted by atomic mass is 16.5. The monoisotopic (exact) mass is 385 g/mol. The molecule has 3 amide bonds. The molecule has 2 aliphatic heterocycles. The van der Waals surface area contributed by atoms with Crippen molar-refractivity contribution >= 4 is 17.9 Å². The molecule has 1 atom stereocenters. The molecule has 0 bridgehead atoms. The molecule has 1 N–H and O–H groups in total. The van der Waals surface area contributed by atoms with E-state index in [-0.39, 0.29) is 36.8 Å². The number of nitrogens with zero attached hydrogens (tertiary/aromatic N) is 2. The average molecular weight is 385 g/mol. The topological polar surface area (TPSA) is 79.0 Å². The highest BCUT2D eigenvalue weighted by Crippen LogP contribution is 2.24. The Morgan fingerprint density at radius 2 is 1.93 bits per heavy atom. The molecule has 7 nitrogen and oxygen atoms in total. The lowest BCUT2D eigenvalue weighted by atomic mass is 10.0. The zero-order valence-electron chi connectivity index (χ0n) is 16.0. The van der Waals surface area contributed by atoms with Gasteiger partial charge in [0, 0.05) is 38.6 Å². The number of rotatable bonds is 6. The number of carbonyl (C=O) groups excluding carboxylic acids is 3. The van der Waals surface area contributed by atoms with Gasteiger partial charge in [0.05, 0.1) is 5.92 Å². The number of piperidine rings is 1. The highest BCUT2D eigenvalue weighted by Gasteiger charge is 2.37. The van der Waals surface area contributed by atoms with Crippen LogP contribution in [0.3, 0.4) is 0 Å². The predicted octanol–water partition coefficient (Wildman–Crippen LogP) is 1.94. The van der Waals surface area contributed by atoms with Crippen molar-refractivity contribution in [2.75, 3.05) is 26.2 Å². The first kappa shape index (κ1) is 19.9. The van der Waals surface area contributed by atoms with Gasteiger partial charge in [0.1, 0.15) is 6.61 Å². The van der Waals surface area contributed by atoms with Crippen molar-refractivity contribution in [3.05, 3.63) is 48.6 Å². The minimum atomic E-state index is -0.456. The quantitative estimate of drug-likeness (QED) is 0.759. The van der Waals surface area contributed by atoms with Crippen LogP contribution in [0.15, 0.2) is 43.0 Å². The summed E-state index contributed by atoms with van der Waals surface area (Å²) in [7, 11) is 0.